The maximum absolute atomic E-state index is 10.2. The fourth-order valence-electron chi connectivity index (χ4n) is 1.14. The smallest absolute Gasteiger partial charge is 0.320 e. The third-order valence-electron chi connectivity index (χ3n) is 2.21. The van der Waals surface area contributed by atoms with E-state index in [4.69, 9.17) is 32.5 Å². The number of aliphatic imine (C=N–C) groups is 1. The highest BCUT2D eigenvalue weighted by atomic mass is 79.9. The Labute approximate surface area is 130 Å². The molecule has 0 unspecified atom stereocenters. The number of carbonyl (C=O) groups is 1. The van der Waals surface area contributed by atoms with Crippen LogP contribution in [0.25, 0.3) is 0 Å². The number of nitrogens with zero attached hydrogens (tertiary/aromatic N) is 1. The number of nitrogens with two attached hydrogens (primary N) is 3. The van der Waals surface area contributed by atoms with Crippen molar-refractivity contribution in [3.8, 4) is 11.5 Å². The normalized spacial score (nSPS) is 11.0. The van der Waals surface area contributed by atoms with Gasteiger partial charge >= 0.3 is 5.97 Å². The lowest BCUT2D eigenvalue weighted by atomic mass is 10.2. The zero-order chi connectivity index (χ0) is 16.4. The van der Waals surface area contributed by atoms with E-state index in [0.29, 0.717) is 23.9 Å². The number of halogens is 1. The highest BCUT2D eigenvalue weighted by Crippen LogP contribution is 2.26. The van der Waals surface area contributed by atoms with Gasteiger partial charge in [-0.3, -0.25) is 9.79 Å². The summed E-state index contributed by atoms with van der Waals surface area (Å²) in [6.45, 7) is 0.420. The number of carboxylic acids is 1. The lowest BCUT2D eigenvalue weighted by Gasteiger charge is -2.03. The molecule has 118 valence electrons. The second-order valence-corrected chi connectivity index (χ2v) is 4.88. The first-order valence-electron chi connectivity index (χ1n) is 5.95. The van der Waals surface area contributed by atoms with Gasteiger partial charge in [0.25, 0.3) is 0 Å². The molecule has 9 heteroatoms. The highest BCUT2D eigenvalue weighted by molar-refractivity contribution is 9.10. The fraction of sp³-hybridized carbons (Fsp3) is 0.333. The molecule has 0 fully saturated rings. The van der Waals surface area contributed by atoms with Crippen LogP contribution in [0.3, 0.4) is 0 Å². The molecule has 0 saturated heterocycles. The minimum absolute atomic E-state index is 0.0129. The molecule has 0 aromatic heterocycles. The molecular weight excluding hydrogens is 344 g/mol. The molecule has 0 amide bonds. The van der Waals surface area contributed by atoms with Crippen LogP contribution in [0.15, 0.2) is 27.7 Å². The van der Waals surface area contributed by atoms with Gasteiger partial charge < -0.3 is 32.5 Å². The molecule has 0 saturated carbocycles. The Morgan fingerprint density at radius 1 is 1.33 bits per heavy atom. The molecular formula is C12H19BrN4O4. The maximum atomic E-state index is 10.2. The zero-order valence-electron chi connectivity index (χ0n) is 11.2. The van der Waals surface area contributed by atoms with Gasteiger partial charge in [-0.05, 0) is 40.9 Å². The summed E-state index contributed by atoms with van der Waals surface area (Å²) in [7, 11) is 0. The molecule has 0 bridgehead atoms. The molecule has 0 aliphatic heterocycles. The van der Waals surface area contributed by atoms with Gasteiger partial charge in [0.05, 0.1) is 4.47 Å². The third kappa shape index (κ3) is 9.52. The quantitative estimate of drug-likeness (QED) is 0.248. The first-order valence-corrected chi connectivity index (χ1v) is 6.74. The number of aliphatic carboxylic acids is 1. The fourth-order valence-corrected chi connectivity index (χ4v) is 1.39. The van der Waals surface area contributed by atoms with Gasteiger partial charge in [0.2, 0.25) is 0 Å². The summed E-state index contributed by atoms with van der Waals surface area (Å²) in [5.74, 6) is -0.871. The maximum Gasteiger partial charge on any atom is 0.320 e. The summed E-state index contributed by atoms with van der Waals surface area (Å²) >= 11 is 3.07. The highest BCUT2D eigenvalue weighted by Gasteiger charge is 2.09. The largest absolute Gasteiger partial charge is 0.508 e. The number of hydrogen-bond donors (Lipinski definition) is 6. The van der Waals surface area contributed by atoms with Gasteiger partial charge in [-0.1, -0.05) is 0 Å². The average molecular weight is 363 g/mol. The molecule has 0 aliphatic carbocycles. The van der Waals surface area contributed by atoms with Crippen LogP contribution in [-0.2, 0) is 4.79 Å². The summed E-state index contributed by atoms with van der Waals surface area (Å²) < 4.78 is 0.584. The third-order valence-corrected chi connectivity index (χ3v) is 2.89. The number of hydrogen-bond acceptors (Lipinski definition) is 5. The molecule has 9 N–H and O–H groups in total. The van der Waals surface area contributed by atoms with E-state index < -0.39 is 12.0 Å². The van der Waals surface area contributed by atoms with Crippen LogP contribution < -0.4 is 17.2 Å². The van der Waals surface area contributed by atoms with Gasteiger partial charge in [-0.2, -0.15) is 0 Å². The van der Waals surface area contributed by atoms with Crippen molar-refractivity contribution in [1.29, 1.82) is 0 Å². The number of phenolic OH excluding ortho intramolecular Hbond substituents is 2. The Bertz CT molecular complexity index is 492. The predicted molar refractivity (Wildman–Crippen MR) is 83.0 cm³/mol. The first kappa shape index (κ1) is 19.0. The average Bonchev–Trinajstić information content (AvgIpc) is 2.39. The van der Waals surface area contributed by atoms with Gasteiger partial charge in [-0.15, -0.1) is 0 Å². The van der Waals surface area contributed by atoms with Crippen molar-refractivity contribution >= 4 is 27.9 Å². The summed E-state index contributed by atoms with van der Waals surface area (Å²) in [5.41, 5.74) is 15.3. The van der Waals surface area contributed by atoms with Crippen molar-refractivity contribution in [2.75, 3.05) is 6.54 Å². The second-order valence-electron chi connectivity index (χ2n) is 4.03. The Morgan fingerprint density at radius 2 is 1.95 bits per heavy atom. The lowest BCUT2D eigenvalue weighted by Crippen LogP contribution is -2.30. The van der Waals surface area contributed by atoms with E-state index in [1.165, 1.54) is 12.1 Å². The molecule has 8 nitrogen and oxygen atoms in total. The molecule has 1 aromatic rings. The minimum atomic E-state index is -1.00. The molecule has 0 spiro atoms. The lowest BCUT2D eigenvalue weighted by molar-refractivity contribution is -0.138. The Kier molecular flexibility index (Phi) is 8.90. The van der Waals surface area contributed by atoms with Gasteiger partial charge in [0.1, 0.15) is 17.5 Å². The molecule has 0 aliphatic rings. The summed E-state index contributed by atoms with van der Waals surface area (Å²) in [6.07, 6.45) is 0.956. The van der Waals surface area contributed by atoms with Crippen molar-refractivity contribution < 1.29 is 20.1 Å². The van der Waals surface area contributed by atoms with Crippen LogP contribution in [0, 0.1) is 0 Å². The van der Waals surface area contributed by atoms with Gasteiger partial charge in [-0.25, -0.2) is 0 Å². The molecule has 1 aromatic carbocycles. The molecule has 0 heterocycles. The van der Waals surface area contributed by atoms with E-state index in [1.807, 2.05) is 0 Å². The van der Waals surface area contributed by atoms with E-state index in [-0.39, 0.29) is 17.5 Å². The Morgan fingerprint density at radius 3 is 2.38 bits per heavy atom. The number of aromatic hydroxyl groups is 2. The van der Waals surface area contributed by atoms with Crippen LogP contribution in [0.4, 0.5) is 0 Å². The SMILES string of the molecule is NC(N)=NCCC[C@H](N)C(=O)O.Oc1ccc(Br)c(O)c1. The van der Waals surface area contributed by atoms with E-state index in [0.717, 1.165) is 0 Å². The predicted octanol–water partition coefficient (Wildman–Crippen LogP) is 0.312. The summed E-state index contributed by atoms with van der Waals surface area (Å²) in [6, 6.07) is 3.51. The second kappa shape index (κ2) is 9.83. The number of carboxylic acid groups (broad SMARTS) is 1. The standard InChI is InChI=1S/C6H5BrO2.C6H14N4O2/c7-5-2-1-4(8)3-6(5)9;7-4(5(11)12)2-1-3-10-6(8)9/h1-3,8-9H;4H,1-3,7H2,(H,11,12)(H4,8,9,10)/t;4-/m.0/s1. The van der Waals surface area contributed by atoms with Crippen molar-refractivity contribution in [3.63, 3.8) is 0 Å². The van der Waals surface area contributed by atoms with E-state index in [2.05, 4.69) is 20.9 Å². The van der Waals surface area contributed by atoms with E-state index in [9.17, 15) is 4.79 Å². The number of rotatable bonds is 5. The van der Waals surface area contributed by atoms with Gasteiger partial charge in [0.15, 0.2) is 5.96 Å². The topological polar surface area (TPSA) is 168 Å². The minimum Gasteiger partial charge on any atom is -0.508 e. The summed E-state index contributed by atoms with van der Waals surface area (Å²) in [4.78, 5) is 13.9. The molecule has 1 rings (SSSR count). The Hall–Kier alpha value is -2.00. The van der Waals surface area contributed by atoms with E-state index >= 15 is 0 Å². The van der Waals surface area contributed by atoms with Crippen LogP contribution in [0.5, 0.6) is 11.5 Å². The van der Waals surface area contributed by atoms with Crippen molar-refractivity contribution in [3.05, 3.63) is 22.7 Å². The van der Waals surface area contributed by atoms with Crippen LogP contribution in [0.1, 0.15) is 12.8 Å². The molecule has 0 radical (unpaired) electrons. The zero-order valence-corrected chi connectivity index (χ0v) is 12.8. The van der Waals surface area contributed by atoms with E-state index in [1.54, 1.807) is 6.07 Å². The van der Waals surface area contributed by atoms with Crippen LogP contribution >= 0.6 is 15.9 Å². The van der Waals surface area contributed by atoms with Gasteiger partial charge in [0, 0.05) is 12.6 Å². The number of guanidine groups is 1. The van der Waals surface area contributed by atoms with Crippen LogP contribution in [0.2, 0.25) is 0 Å². The van der Waals surface area contributed by atoms with Crippen molar-refractivity contribution in [1.82, 2.24) is 0 Å². The Balaban J connectivity index is 0.000000394. The molecule has 21 heavy (non-hydrogen) atoms. The first-order chi connectivity index (χ1) is 9.73. The van der Waals surface area contributed by atoms with Crippen molar-refractivity contribution in [2.45, 2.75) is 18.9 Å². The van der Waals surface area contributed by atoms with Crippen LogP contribution in [-0.4, -0.2) is 39.8 Å². The number of benzene rings is 1. The molecule has 1 atom stereocenters. The van der Waals surface area contributed by atoms with Crippen molar-refractivity contribution in [2.24, 2.45) is 22.2 Å². The monoisotopic (exact) mass is 362 g/mol. The summed E-state index contributed by atoms with van der Waals surface area (Å²) in [5, 5.41) is 26.0. The number of phenols is 2.